The Bertz CT molecular complexity index is 1090. The number of amides is 1. The van der Waals surface area contributed by atoms with Crippen molar-refractivity contribution in [3.63, 3.8) is 0 Å². The van der Waals surface area contributed by atoms with Crippen LogP contribution >= 0.6 is 0 Å². The minimum absolute atomic E-state index is 0.106. The van der Waals surface area contributed by atoms with Gasteiger partial charge in [0.05, 0.1) is 34.7 Å². The van der Waals surface area contributed by atoms with Crippen LogP contribution in [0.3, 0.4) is 0 Å². The second kappa shape index (κ2) is 7.00. The fourth-order valence-corrected chi connectivity index (χ4v) is 3.80. The van der Waals surface area contributed by atoms with Crippen LogP contribution in [0.4, 0.5) is 8.78 Å². The van der Waals surface area contributed by atoms with E-state index in [4.69, 9.17) is 4.74 Å². The van der Waals surface area contributed by atoms with Crippen LogP contribution in [0, 0.1) is 11.6 Å². The summed E-state index contributed by atoms with van der Waals surface area (Å²) >= 11 is 0. The molecule has 1 aromatic carbocycles. The zero-order valence-electron chi connectivity index (χ0n) is 15.4. The lowest BCUT2D eigenvalue weighted by atomic mass is 10.00. The predicted molar refractivity (Wildman–Crippen MR) is 98.5 cm³/mol. The monoisotopic (exact) mass is 397 g/mol. The smallest absolute Gasteiger partial charge is 0.255 e. The van der Waals surface area contributed by atoms with Gasteiger partial charge in [0.25, 0.3) is 5.91 Å². The molecule has 1 amide bonds. The third-order valence-corrected chi connectivity index (χ3v) is 5.28. The first-order valence-corrected chi connectivity index (χ1v) is 9.38. The summed E-state index contributed by atoms with van der Waals surface area (Å²) < 4.78 is 35.5. The van der Waals surface area contributed by atoms with Gasteiger partial charge in [0.2, 0.25) is 0 Å². The molecule has 0 saturated carbocycles. The molecular formula is C20H17F2N5O2. The van der Waals surface area contributed by atoms with Crippen molar-refractivity contribution in [3.05, 3.63) is 59.3 Å². The van der Waals surface area contributed by atoms with Gasteiger partial charge in [-0.1, -0.05) is 6.07 Å². The van der Waals surface area contributed by atoms with Gasteiger partial charge in [0.1, 0.15) is 18.0 Å². The molecule has 0 atom stereocenters. The Balaban J connectivity index is 1.64. The first kappa shape index (κ1) is 17.9. The first-order chi connectivity index (χ1) is 14.1. The van der Waals surface area contributed by atoms with Crippen molar-refractivity contribution in [1.29, 1.82) is 0 Å². The number of rotatable bonds is 3. The van der Waals surface area contributed by atoms with Gasteiger partial charge in [-0.05, 0) is 31.0 Å². The molecule has 5 rings (SSSR count). The Kier molecular flexibility index (Phi) is 4.31. The Morgan fingerprint density at radius 2 is 1.90 bits per heavy atom. The zero-order chi connectivity index (χ0) is 20.0. The Morgan fingerprint density at radius 3 is 2.66 bits per heavy atom. The van der Waals surface area contributed by atoms with Crippen molar-refractivity contribution in [2.45, 2.75) is 25.3 Å². The molecule has 1 saturated heterocycles. The van der Waals surface area contributed by atoms with Gasteiger partial charge in [0.15, 0.2) is 5.82 Å². The first-order valence-electron chi connectivity index (χ1n) is 9.38. The highest BCUT2D eigenvalue weighted by atomic mass is 19.1. The highest BCUT2D eigenvalue weighted by molar-refractivity contribution is 6.01. The Morgan fingerprint density at radius 1 is 1.14 bits per heavy atom. The second-order valence-corrected chi connectivity index (χ2v) is 7.06. The maximum absolute atomic E-state index is 14.3. The van der Waals surface area contributed by atoms with E-state index in [2.05, 4.69) is 20.4 Å². The normalized spacial score (nSPS) is 16.7. The molecule has 2 aliphatic heterocycles. The van der Waals surface area contributed by atoms with Crippen molar-refractivity contribution < 1.29 is 18.3 Å². The summed E-state index contributed by atoms with van der Waals surface area (Å²) in [5.74, 6) is -0.899. The minimum atomic E-state index is -0.720. The third-order valence-electron chi connectivity index (χ3n) is 5.28. The van der Waals surface area contributed by atoms with Gasteiger partial charge in [0, 0.05) is 19.1 Å². The van der Waals surface area contributed by atoms with Crippen LogP contribution in [0.25, 0.3) is 16.9 Å². The fourth-order valence-electron chi connectivity index (χ4n) is 3.80. The lowest BCUT2D eigenvalue weighted by Crippen LogP contribution is -2.16. The van der Waals surface area contributed by atoms with Gasteiger partial charge < -0.3 is 10.1 Å². The number of fused-ring (bicyclic) bond motifs is 1. The number of carbonyl (C=O) groups excluding carboxylic acids is 1. The molecule has 2 aromatic heterocycles. The number of carbonyl (C=O) groups is 1. The van der Waals surface area contributed by atoms with Crippen LogP contribution < -0.4 is 5.32 Å². The van der Waals surface area contributed by atoms with E-state index in [-0.39, 0.29) is 29.6 Å². The highest BCUT2D eigenvalue weighted by Crippen LogP contribution is 2.31. The van der Waals surface area contributed by atoms with E-state index in [0.29, 0.717) is 36.0 Å². The van der Waals surface area contributed by atoms with Gasteiger partial charge in [-0.15, -0.1) is 0 Å². The summed E-state index contributed by atoms with van der Waals surface area (Å²) in [4.78, 5) is 21.1. The summed E-state index contributed by atoms with van der Waals surface area (Å²) in [6.07, 6.45) is 3.17. The largest absolute Gasteiger partial charge is 0.381 e. The number of hydrogen-bond donors (Lipinski definition) is 1. The number of ether oxygens (including phenoxy) is 1. The third kappa shape index (κ3) is 3.07. The van der Waals surface area contributed by atoms with Gasteiger partial charge in [-0.2, -0.15) is 5.10 Å². The summed E-state index contributed by atoms with van der Waals surface area (Å²) in [6.45, 7) is 1.50. The van der Waals surface area contributed by atoms with Crippen molar-refractivity contribution in [2.24, 2.45) is 0 Å². The number of pyridine rings is 1. The van der Waals surface area contributed by atoms with Crippen molar-refractivity contribution in [3.8, 4) is 16.9 Å². The fraction of sp³-hybridized carbons (Fsp3) is 0.300. The zero-order valence-corrected chi connectivity index (χ0v) is 15.4. The van der Waals surface area contributed by atoms with E-state index in [0.717, 1.165) is 12.8 Å². The van der Waals surface area contributed by atoms with Crippen molar-refractivity contribution in [1.82, 2.24) is 25.1 Å². The Labute approximate surface area is 164 Å². The molecule has 1 N–H and O–H groups in total. The van der Waals surface area contributed by atoms with E-state index < -0.39 is 11.6 Å². The number of hydrogen-bond acceptors (Lipinski definition) is 5. The van der Waals surface area contributed by atoms with Crippen LogP contribution in [-0.4, -0.2) is 38.9 Å². The van der Waals surface area contributed by atoms with Crippen LogP contribution in [0.15, 0.2) is 30.6 Å². The van der Waals surface area contributed by atoms with Gasteiger partial charge >= 0.3 is 0 Å². The van der Waals surface area contributed by atoms with E-state index >= 15 is 0 Å². The van der Waals surface area contributed by atoms with E-state index in [1.807, 2.05) is 0 Å². The number of halogens is 2. The average molecular weight is 397 g/mol. The topological polar surface area (TPSA) is 81.9 Å². The molecule has 9 heteroatoms. The predicted octanol–water partition coefficient (Wildman–Crippen LogP) is 2.74. The van der Waals surface area contributed by atoms with Gasteiger partial charge in [-0.3, -0.25) is 4.79 Å². The number of nitrogens with one attached hydrogen (secondary N) is 1. The lowest BCUT2D eigenvalue weighted by molar-refractivity contribution is 0.0836. The number of nitrogens with zero attached hydrogens (tertiary/aromatic N) is 4. The lowest BCUT2D eigenvalue weighted by Gasteiger charge is -2.19. The van der Waals surface area contributed by atoms with E-state index in [1.54, 1.807) is 0 Å². The number of benzene rings is 1. The second-order valence-electron chi connectivity index (χ2n) is 7.06. The molecule has 3 aromatic rings. The van der Waals surface area contributed by atoms with Gasteiger partial charge in [-0.25, -0.2) is 23.4 Å². The molecule has 2 aliphatic rings. The average Bonchev–Trinajstić information content (AvgIpc) is 3.36. The minimum Gasteiger partial charge on any atom is -0.381 e. The van der Waals surface area contributed by atoms with Crippen LogP contribution in [0.5, 0.6) is 0 Å². The standard InChI is InChI=1S/C20H17F2N5O2/c21-12-2-1-3-13(22)17(12)14-8-16(18-15(25-14)9-23-20(18)28)27-10-24-19(26-27)11-4-6-29-7-5-11/h1-3,8,10-11H,4-7,9H2,(H,23,28). The van der Waals surface area contributed by atoms with Crippen molar-refractivity contribution >= 4 is 5.91 Å². The molecule has 0 bridgehead atoms. The molecule has 0 unspecified atom stereocenters. The molecule has 0 radical (unpaired) electrons. The Hall–Kier alpha value is -3.20. The number of aromatic nitrogens is 4. The molecule has 1 fully saturated rings. The molecule has 29 heavy (non-hydrogen) atoms. The summed E-state index contributed by atoms with van der Waals surface area (Å²) in [5, 5.41) is 7.26. The van der Waals surface area contributed by atoms with Crippen LogP contribution in [0.2, 0.25) is 0 Å². The molecule has 7 nitrogen and oxygen atoms in total. The quantitative estimate of drug-likeness (QED) is 0.735. The SMILES string of the molecule is O=C1NCc2nc(-c3c(F)cccc3F)cc(-n3cnc(C4CCOCC4)n3)c21. The van der Waals surface area contributed by atoms with Crippen molar-refractivity contribution in [2.75, 3.05) is 13.2 Å². The summed E-state index contributed by atoms with van der Waals surface area (Å²) in [5.41, 5.74) is 1.03. The van der Waals surface area contributed by atoms with E-state index in [1.165, 1.54) is 35.3 Å². The van der Waals surface area contributed by atoms with Crippen LogP contribution in [-0.2, 0) is 11.3 Å². The molecular weight excluding hydrogens is 380 g/mol. The van der Waals surface area contributed by atoms with E-state index in [9.17, 15) is 13.6 Å². The molecule has 0 aliphatic carbocycles. The highest BCUT2D eigenvalue weighted by Gasteiger charge is 2.29. The molecule has 148 valence electrons. The maximum Gasteiger partial charge on any atom is 0.255 e. The summed E-state index contributed by atoms with van der Waals surface area (Å²) in [7, 11) is 0. The maximum atomic E-state index is 14.3. The van der Waals surface area contributed by atoms with Crippen LogP contribution in [0.1, 0.15) is 40.6 Å². The summed E-state index contributed by atoms with van der Waals surface area (Å²) in [6, 6.07) is 5.13. The molecule has 4 heterocycles. The molecule has 0 spiro atoms.